The molecule has 0 aliphatic heterocycles. The number of amides is 2. The largest absolute Gasteiger partial charge is 0.450 e. The van der Waals surface area contributed by atoms with Crippen LogP contribution in [0.3, 0.4) is 0 Å². The monoisotopic (exact) mass is 339 g/mol. The SMILES string of the molecule is CCOC(=O)Nc1cccc(OC(=O)NC(C#N)c2ccccc2)c1. The van der Waals surface area contributed by atoms with Crippen LogP contribution in [-0.2, 0) is 4.74 Å². The predicted molar refractivity (Wildman–Crippen MR) is 91.0 cm³/mol. The molecule has 2 amide bonds. The average molecular weight is 339 g/mol. The zero-order valence-corrected chi connectivity index (χ0v) is 13.6. The fourth-order valence-corrected chi connectivity index (χ4v) is 2.01. The third-order valence-electron chi connectivity index (χ3n) is 3.09. The Morgan fingerprint density at radius 3 is 2.56 bits per heavy atom. The van der Waals surface area contributed by atoms with E-state index in [-0.39, 0.29) is 12.4 Å². The standard InChI is InChI=1S/C18H17N3O4/c1-2-24-17(22)20-14-9-6-10-15(11-14)25-18(23)21-16(12-19)13-7-4-3-5-8-13/h3-11,16H,2H2,1H3,(H,20,22)(H,21,23). The molecule has 0 saturated carbocycles. The van der Waals surface area contributed by atoms with Crippen LogP contribution in [0.1, 0.15) is 18.5 Å². The van der Waals surface area contributed by atoms with Crippen molar-refractivity contribution in [3.63, 3.8) is 0 Å². The second-order valence-corrected chi connectivity index (χ2v) is 4.88. The summed E-state index contributed by atoms with van der Waals surface area (Å²) in [6.07, 6.45) is -1.37. The molecular formula is C18H17N3O4. The number of hydrogen-bond donors (Lipinski definition) is 2. The maximum absolute atomic E-state index is 12.0. The smallest absolute Gasteiger partial charge is 0.413 e. The number of nitriles is 1. The molecule has 128 valence electrons. The zero-order chi connectivity index (χ0) is 18.1. The van der Waals surface area contributed by atoms with Crippen molar-refractivity contribution in [3.8, 4) is 11.8 Å². The lowest BCUT2D eigenvalue weighted by molar-refractivity contribution is 0.168. The topological polar surface area (TPSA) is 100 Å². The normalized spacial score (nSPS) is 10.9. The van der Waals surface area contributed by atoms with Crippen LogP contribution in [0.15, 0.2) is 54.6 Å². The summed E-state index contributed by atoms with van der Waals surface area (Å²) in [6, 6.07) is 16.3. The van der Waals surface area contributed by atoms with Crippen molar-refractivity contribution < 1.29 is 19.1 Å². The number of carbonyl (C=O) groups is 2. The van der Waals surface area contributed by atoms with Gasteiger partial charge < -0.3 is 14.8 Å². The molecule has 0 heterocycles. The maximum Gasteiger partial charge on any atom is 0.413 e. The van der Waals surface area contributed by atoms with Gasteiger partial charge in [-0.05, 0) is 24.6 Å². The highest BCUT2D eigenvalue weighted by molar-refractivity contribution is 5.85. The number of carbonyl (C=O) groups excluding carboxylic acids is 2. The Morgan fingerprint density at radius 2 is 1.88 bits per heavy atom. The third-order valence-corrected chi connectivity index (χ3v) is 3.09. The van der Waals surface area contributed by atoms with E-state index < -0.39 is 18.2 Å². The van der Waals surface area contributed by atoms with Crippen molar-refractivity contribution in [1.29, 1.82) is 5.26 Å². The van der Waals surface area contributed by atoms with Gasteiger partial charge in [-0.25, -0.2) is 9.59 Å². The van der Waals surface area contributed by atoms with E-state index in [4.69, 9.17) is 9.47 Å². The van der Waals surface area contributed by atoms with Crippen LogP contribution in [0.4, 0.5) is 15.3 Å². The van der Waals surface area contributed by atoms with E-state index in [0.717, 1.165) is 0 Å². The average Bonchev–Trinajstić information content (AvgIpc) is 2.61. The second-order valence-electron chi connectivity index (χ2n) is 4.88. The molecule has 2 N–H and O–H groups in total. The fourth-order valence-electron chi connectivity index (χ4n) is 2.01. The quantitative estimate of drug-likeness (QED) is 0.866. The first-order chi connectivity index (χ1) is 12.1. The summed E-state index contributed by atoms with van der Waals surface area (Å²) in [5.74, 6) is 0.219. The van der Waals surface area contributed by atoms with E-state index in [2.05, 4.69) is 10.6 Å². The molecule has 25 heavy (non-hydrogen) atoms. The summed E-state index contributed by atoms with van der Waals surface area (Å²) >= 11 is 0. The Morgan fingerprint density at radius 1 is 1.12 bits per heavy atom. The summed E-state index contributed by atoms with van der Waals surface area (Å²) < 4.78 is 9.93. The Hall–Kier alpha value is -3.53. The van der Waals surface area contributed by atoms with E-state index in [9.17, 15) is 14.9 Å². The third kappa shape index (κ3) is 5.55. The summed E-state index contributed by atoms with van der Waals surface area (Å²) in [4.78, 5) is 23.4. The molecule has 0 aliphatic rings. The van der Waals surface area contributed by atoms with Crippen molar-refractivity contribution in [2.75, 3.05) is 11.9 Å². The lowest BCUT2D eigenvalue weighted by Crippen LogP contribution is -2.30. The molecule has 0 bridgehead atoms. The minimum absolute atomic E-state index is 0.219. The van der Waals surface area contributed by atoms with Gasteiger partial charge in [0.2, 0.25) is 0 Å². The molecular weight excluding hydrogens is 322 g/mol. The summed E-state index contributed by atoms with van der Waals surface area (Å²) in [6.45, 7) is 1.95. The zero-order valence-electron chi connectivity index (χ0n) is 13.6. The molecule has 1 atom stereocenters. The first-order valence-corrected chi connectivity index (χ1v) is 7.59. The van der Waals surface area contributed by atoms with Crippen LogP contribution < -0.4 is 15.4 Å². The second kappa shape index (κ2) is 8.93. The van der Waals surface area contributed by atoms with Crippen LogP contribution in [-0.4, -0.2) is 18.8 Å². The lowest BCUT2D eigenvalue weighted by Gasteiger charge is -2.12. The highest BCUT2D eigenvalue weighted by Crippen LogP contribution is 2.18. The van der Waals surface area contributed by atoms with Gasteiger partial charge in [-0.15, -0.1) is 0 Å². The number of benzene rings is 2. The van der Waals surface area contributed by atoms with Gasteiger partial charge in [0.05, 0.1) is 12.7 Å². The van der Waals surface area contributed by atoms with Crippen molar-refractivity contribution in [1.82, 2.24) is 5.32 Å². The molecule has 7 nitrogen and oxygen atoms in total. The Balaban J connectivity index is 1.98. The Labute approximate surface area is 145 Å². The van der Waals surface area contributed by atoms with Gasteiger partial charge in [-0.1, -0.05) is 36.4 Å². The Bertz CT molecular complexity index is 771. The van der Waals surface area contributed by atoms with Crippen LogP contribution in [0.25, 0.3) is 0 Å². The number of hydrogen-bond acceptors (Lipinski definition) is 5. The summed E-state index contributed by atoms with van der Waals surface area (Å²) in [5.41, 5.74) is 1.07. The molecule has 2 aromatic rings. The molecule has 0 radical (unpaired) electrons. The van der Waals surface area contributed by atoms with Crippen molar-refractivity contribution in [2.45, 2.75) is 13.0 Å². The van der Waals surface area contributed by atoms with E-state index in [1.165, 1.54) is 6.07 Å². The minimum atomic E-state index is -0.825. The highest BCUT2D eigenvalue weighted by atomic mass is 16.6. The first kappa shape index (κ1) is 17.8. The van der Waals surface area contributed by atoms with Crippen molar-refractivity contribution in [3.05, 3.63) is 60.2 Å². The molecule has 0 spiro atoms. The summed E-state index contributed by atoms with van der Waals surface area (Å²) in [5, 5.41) is 14.2. The predicted octanol–water partition coefficient (Wildman–Crippen LogP) is 3.61. The number of rotatable bonds is 5. The van der Waals surface area contributed by atoms with Gasteiger partial charge in [-0.2, -0.15) is 5.26 Å². The number of nitrogens with zero attached hydrogens (tertiary/aromatic N) is 1. The van der Waals surface area contributed by atoms with E-state index in [1.807, 2.05) is 12.1 Å². The van der Waals surface area contributed by atoms with Crippen LogP contribution >= 0.6 is 0 Å². The molecule has 2 rings (SSSR count). The highest BCUT2D eigenvalue weighted by Gasteiger charge is 2.15. The van der Waals surface area contributed by atoms with Crippen molar-refractivity contribution >= 4 is 17.9 Å². The number of ether oxygens (including phenoxy) is 2. The van der Waals surface area contributed by atoms with Gasteiger partial charge >= 0.3 is 12.2 Å². The summed E-state index contributed by atoms with van der Waals surface area (Å²) in [7, 11) is 0. The van der Waals surface area contributed by atoms with Gasteiger partial charge in [0.1, 0.15) is 11.8 Å². The van der Waals surface area contributed by atoms with Crippen LogP contribution in [0, 0.1) is 11.3 Å². The lowest BCUT2D eigenvalue weighted by atomic mass is 10.1. The van der Waals surface area contributed by atoms with Gasteiger partial charge in [-0.3, -0.25) is 5.32 Å². The fraction of sp³-hybridized carbons (Fsp3) is 0.167. The molecule has 0 aliphatic carbocycles. The van der Waals surface area contributed by atoms with Gasteiger partial charge in [0.25, 0.3) is 0 Å². The number of nitrogens with one attached hydrogen (secondary N) is 2. The van der Waals surface area contributed by atoms with Gasteiger partial charge in [0.15, 0.2) is 0 Å². The molecule has 0 saturated heterocycles. The van der Waals surface area contributed by atoms with E-state index in [1.54, 1.807) is 49.4 Å². The van der Waals surface area contributed by atoms with Crippen LogP contribution in [0.2, 0.25) is 0 Å². The van der Waals surface area contributed by atoms with E-state index in [0.29, 0.717) is 11.3 Å². The minimum Gasteiger partial charge on any atom is -0.450 e. The maximum atomic E-state index is 12.0. The molecule has 2 aromatic carbocycles. The number of anilines is 1. The molecule has 1 unspecified atom stereocenters. The van der Waals surface area contributed by atoms with Crippen LogP contribution in [0.5, 0.6) is 5.75 Å². The van der Waals surface area contributed by atoms with Gasteiger partial charge in [0, 0.05) is 11.8 Å². The van der Waals surface area contributed by atoms with E-state index >= 15 is 0 Å². The van der Waals surface area contributed by atoms with Crippen molar-refractivity contribution in [2.24, 2.45) is 0 Å². The first-order valence-electron chi connectivity index (χ1n) is 7.59. The molecule has 0 aromatic heterocycles. The molecule has 7 heteroatoms. The molecule has 0 fully saturated rings. The Kier molecular flexibility index (Phi) is 6.37.